The van der Waals surface area contributed by atoms with Crippen LogP contribution < -0.4 is 20.9 Å². The van der Waals surface area contributed by atoms with E-state index < -0.39 is 6.61 Å². The molecule has 0 bridgehead atoms. The Hall–Kier alpha value is -4.08. The molecule has 1 fully saturated rings. The monoisotopic (exact) mass is 464 g/mol. The van der Waals surface area contributed by atoms with Gasteiger partial charge in [-0.1, -0.05) is 30.3 Å². The van der Waals surface area contributed by atoms with Gasteiger partial charge in [0, 0.05) is 35.1 Å². The maximum absolute atomic E-state index is 12.3. The van der Waals surface area contributed by atoms with E-state index in [1.54, 1.807) is 23.0 Å². The van der Waals surface area contributed by atoms with Crippen molar-refractivity contribution < 1.29 is 13.5 Å². The van der Waals surface area contributed by atoms with Crippen LogP contribution in [0.15, 0.2) is 72.0 Å². The first kappa shape index (κ1) is 21.7. The van der Waals surface area contributed by atoms with E-state index in [0.717, 1.165) is 41.5 Å². The first-order valence-corrected chi connectivity index (χ1v) is 10.9. The summed E-state index contributed by atoms with van der Waals surface area (Å²) in [6, 6.07) is 13.2. The van der Waals surface area contributed by atoms with Crippen molar-refractivity contribution in [2.75, 3.05) is 10.6 Å². The van der Waals surface area contributed by atoms with E-state index in [4.69, 9.17) is 0 Å². The van der Waals surface area contributed by atoms with Crippen molar-refractivity contribution in [2.24, 2.45) is 0 Å². The zero-order chi connectivity index (χ0) is 23.5. The van der Waals surface area contributed by atoms with Gasteiger partial charge in [-0.05, 0) is 25.3 Å². The number of ether oxygens (including phenoxy) is 1. The second-order valence-corrected chi connectivity index (χ2v) is 8.06. The molecule has 0 spiro atoms. The van der Waals surface area contributed by atoms with Crippen molar-refractivity contribution in [1.82, 2.24) is 19.5 Å². The summed E-state index contributed by atoms with van der Waals surface area (Å²) in [5, 5.41) is 8.65. The lowest BCUT2D eigenvalue weighted by atomic mass is 10.1. The maximum atomic E-state index is 12.3. The third kappa shape index (κ3) is 4.66. The van der Waals surface area contributed by atoms with Gasteiger partial charge in [-0.15, -0.1) is 0 Å². The molecule has 0 amide bonds. The van der Waals surface area contributed by atoms with Gasteiger partial charge in [0.05, 0.1) is 24.3 Å². The van der Waals surface area contributed by atoms with E-state index in [0.29, 0.717) is 5.95 Å². The summed E-state index contributed by atoms with van der Waals surface area (Å²) >= 11 is 0. The number of hydrogen-bond acceptors (Lipinski definition) is 7. The van der Waals surface area contributed by atoms with E-state index in [9.17, 15) is 13.6 Å². The lowest BCUT2D eigenvalue weighted by Crippen LogP contribution is -2.22. The Kier molecular flexibility index (Phi) is 6.03. The van der Waals surface area contributed by atoms with Crippen LogP contribution >= 0.6 is 0 Å². The summed E-state index contributed by atoms with van der Waals surface area (Å²) in [4.78, 5) is 25.1. The molecule has 1 aliphatic carbocycles. The van der Waals surface area contributed by atoms with Crippen LogP contribution in [0.3, 0.4) is 0 Å². The highest BCUT2D eigenvalue weighted by Crippen LogP contribution is 2.30. The predicted molar refractivity (Wildman–Crippen MR) is 125 cm³/mol. The molecule has 34 heavy (non-hydrogen) atoms. The smallest absolute Gasteiger partial charge is 0.387 e. The minimum atomic E-state index is -2.91. The fourth-order valence-corrected chi connectivity index (χ4v) is 4.29. The summed E-state index contributed by atoms with van der Waals surface area (Å²) in [6.07, 6.45) is 8.53. The normalized spacial score (nSPS) is 17.7. The van der Waals surface area contributed by atoms with Crippen molar-refractivity contribution in [3.63, 3.8) is 0 Å². The van der Waals surface area contributed by atoms with E-state index in [-0.39, 0.29) is 23.4 Å². The highest BCUT2D eigenvalue weighted by Gasteiger charge is 2.26. The molecule has 10 heteroatoms. The van der Waals surface area contributed by atoms with Crippen LogP contribution in [0.1, 0.15) is 19.3 Å². The van der Waals surface area contributed by atoms with Gasteiger partial charge in [0.15, 0.2) is 5.75 Å². The van der Waals surface area contributed by atoms with Crippen LogP contribution in [-0.2, 0) is 0 Å². The molecule has 1 saturated carbocycles. The molecule has 0 unspecified atom stereocenters. The molecule has 4 aromatic rings. The van der Waals surface area contributed by atoms with Crippen molar-refractivity contribution in [3.8, 4) is 11.4 Å². The second-order valence-electron chi connectivity index (χ2n) is 8.06. The maximum Gasteiger partial charge on any atom is 0.387 e. The zero-order valence-electron chi connectivity index (χ0n) is 18.1. The average molecular weight is 464 g/mol. The third-order valence-corrected chi connectivity index (χ3v) is 5.82. The molecular weight excluding hydrogens is 442 g/mol. The third-order valence-electron chi connectivity index (χ3n) is 5.82. The number of alkyl halides is 2. The molecule has 0 radical (unpaired) electrons. The van der Waals surface area contributed by atoms with Crippen molar-refractivity contribution in [1.29, 1.82) is 0 Å². The van der Waals surface area contributed by atoms with Gasteiger partial charge in [-0.2, -0.15) is 8.78 Å². The number of rotatable bonds is 7. The number of anilines is 2. The lowest BCUT2D eigenvalue weighted by Gasteiger charge is -2.18. The van der Waals surface area contributed by atoms with E-state index in [2.05, 4.69) is 30.3 Å². The Bertz CT molecular complexity index is 1350. The Morgan fingerprint density at radius 1 is 0.912 bits per heavy atom. The van der Waals surface area contributed by atoms with Gasteiger partial charge >= 0.3 is 6.61 Å². The second kappa shape index (κ2) is 9.42. The number of hydrogen-bond donors (Lipinski definition) is 2. The standard InChI is InChI=1S/C24H22F2N6O2/c25-23(26)34-17-12-28-24(29-13-17)31-16-9-8-15(11-16)30-22-19-6-2-1-5-18(19)20(14-27-22)32-10-4-3-7-21(32)33/h1-7,10,12-16,23H,8-9,11H2,(H,27,30)(H,28,29,31)/t15-,16-/m0/s1. The fraction of sp³-hybridized carbons (Fsp3) is 0.250. The Morgan fingerprint density at radius 3 is 2.35 bits per heavy atom. The van der Waals surface area contributed by atoms with Crippen LogP contribution in [0.25, 0.3) is 16.5 Å². The number of aromatic nitrogens is 4. The zero-order valence-corrected chi connectivity index (χ0v) is 18.1. The molecule has 3 aromatic heterocycles. The summed E-state index contributed by atoms with van der Waals surface area (Å²) in [7, 11) is 0. The van der Waals surface area contributed by atoms with Crippen LogP contribution in [-0.4, -0.2) is 38.2 Å². The molecular formula is C24H22F2N6O2. The average Bonchev–Trinajstić information content (AvgIpc) is 3.27. The van der Waals surface area contributed by atoms with Crippen LogP contribution in [0, 0.1) is 0 Å². The van der Waals surface area contributed by atoms with Crippen molar-refractivity contribution in [3.05, 3.63) is 77.6 Å². The molecule has 5 rings (SSSR count). The van der Waals surface area contributed by atoms with E-state index >= 15 is 0 Å². The van der Waals surface area contributed by atoms with Gasteiger partial charge in [0.25, 0.3) is 5.56 Å². The molecule has 1 aromatic carbocycles. The van der Waals surface area contributed by atoms with Gasteiger partial charge in [0.2, 0.25) is 5.95 Å². The minimum absolute atomic E-state index is 0.0781. The largest absolute Gasteiger partial charge is 0.432 e. The number of benzene rings is 1. The molecule has 2 atom stereocenters. The summed E-state index contributed by atoms with van der Waals surface area (Å²) < 4.78 is 30.4. The fourth-order valence-electron chi connectivity index (χ4n) is 4.29. The molecule has 0 aliphatic heterocycles. The SMILES string of the molecule is O=c1ccccn1-c1cnc(N[C@H]2CC[C@H](Nc3ncc(OC(F)F)cn3)C2)c2ccccc12. The number of nitrogens with zero attached hydrogens (tertiary/aromatic N) is 4. The highest BCUT2D eigenvalue weighted by atomic mass is 19.3. The summed E-state index contributed by atoms with van der Waals surface area (Å²) in [6.45, 7) is -2.91. The quantitative estimate of drug-likeness (QED) is 0.423. The number of halogens is 2. The summed E-state index contributed by atoms with van der Waals surface area (Å²) in [5.74, 6) is 1.05. The first-order valence-electron chi connectivity index (χ1n) is 10.9. The first-order chi connectivity index (χ1) is 16.6. The van der Waals surface area contributed by atoms with Gasteiger partial charge in [-0.3, -0.25) is 9.36 Å². The number of nitrogens with one attached hydrogen (secondary N) is 2. The topological polar surface area (TPSA) is 94.0 Å². The molecule has 1 aliphatic rings. The van der Waals surface area contributed by atoms with E-state index in [1.807, 2.05) is 30.3 Å². The van der Waals surface area contributed by atoms with Crippen LogP contribution in [0.5, 0.6) is 5.75 Å². The molecule has 0 saturated heterocycles. The molecule has 3 heterocycles. The van der Waals surface area contributed by atoms with Crippen LogP contribution in [0.4, 0.5) is 20.5 Å². The molecule has 8 nitrogen and oxygen atoms in total. The Labute approximate surface area is 193 Å². The van der Waals surface area contributed by atoms with Gasteiger partial charge in [0.1, 0.15) is 5.82 Å². The Balaban J connectivity index is 1.29. The van der Waals surface area contributed by atoms with Crippen LogP contribution in [0.2, 0.25) is 0 Å². The van der Waals surface area contributed by atoms with Crippen molar-refractivity contribution in [2.45, 2.75) is 38.0 Å². The lowest BCUT2D eigenvalue weighted by molar-refractivity contribution is -0.0503. The highest BCUT2D eigenvalue weighted by molar-refractivity contribution is 5.97. The Morgan fingerprint density at radius 2 is 1.62 bits per heavy atom. The number of fused-ring (bicyclic) bond motifs is 1. The van der Waals surface area contributed by atoms with Gasteiger partial charge in [-0.25, -0.2) is 15.0 Å². The van der Waals surface area contributed by atoms with E-state index in [1.165, 1.54) is 18.5 Å². The van der Waals surface area contributed by atoms with Crippen molar-refractivity contribution >= 4 is 22.5 Å². The van der Waals surface area contributed by atoms with Gasteiger partial charge < -0.3 is 15.4 Å². The molecule has 174 valence electrons. The summed E-state index contributed by atoms with van der Waals surface area (Å²) in [5.41, 5.74) is 0.616. The minimum Gasteiger partial charge on any atom is -0.432 e. The number of pyridine rings is 2. The molecule has 2 N–H and O–H groups in total. The predicted octanol–water partition coefficient (Wildman–Crippen LogP) is 4.22.